The van der Waals surface area contributed by atoms with Crippen LogP contribution in [0.4, 0.5) is 4.79 Å². The molecule has 1 heterocycles. The van der Waals surface area contributed by atoms with E-state index < -0.39 is 5.97 Å². The summed E-state index contributed by atoms with van der Waals surface area (Å²) in [5, 5.41) is 14.0. The summed E-state index contributed by atoms with van der Waals surface area (Å²) in [6.45, 7) is 0.742. The molecular weight excluding hydrogens is 196 g/mol. The molecular formula is C10H18N2O3. The van der Waals surface area contributed by atoms with Crippen molar-refractivity contribution in [1.82, 2.24) is 10.6 Å². The Morgan fingerprint density at radius 1 is 1.40 bits per heavy atom. The minimum atomic E-state index is -0.731. The number of carbonyl (C=O) groups is 2. The summed E-state index contributed by atoms with van der Waals surface area (Å²) in [4.78, 5) is 21.2. The molecule has 2 amide bonds. The van der Waals surface area contributed by atoms with Gasteiger partial charge in [-0.1, -0.05) is 12.8 Å². The maximum atomic E-state index is 11.0. The van der Waals surface area contributed by atoms with Crippen molar-refractivity contribution in [1.29, 1.82) is 0 Å². The number of nitrogens with one attached hydrogen (secondary N) is 2. The fraction of sp³-hybridized carbons (Fsp3) is 0.800. The molecule has 5 heteroatoms. The summed E-state index contributed by atoms with van der Waals surface area (Å²) in [6, 6.07) is 0.181. The first-order chi connectivity index (χ1) is 7.18. The molecule has 1 atom stereocenters. The van der Waals surface area contributed by atoms with Crippen LogP contribution in [0.2, 0.25) is 0 Å². The molecule has 0 aliphatic carbocycles. The van der Waals surface area contributed by atoms with Gasteiger partial charge in [0, 0.05) is 19.0 Å². The van der Waals surface area contributed by atoms with Gasteiger partial charge in [0.25, 0.3) is 0 Å². The zero-order chi connectivity index (χ0) is 11.1. The Morgan fingerprint density at radius 3 is 2.87 bits per heavy atom. The van der Waals surface area contributed by atoms with Crippen molar-refractivity contribution in [2.45, 2.75) is 44.6 Å². The van der Waals surface area contributed by atoms with Gasteiger partial charge in [-0.25, -0.2) is 4.79 Å². The molecule has 0 spiro atoms. The number of unbranched alkanes of at least 4 members (excludes halogenated alkanes) is 2. The highest BCUT2D eigenvalue weighted by molar-refractivity contribution is 5.74. The Bertz CT molecular complexity index is 231. The van der Waals surface area contributed by atoms with Gasteiger partial charge in [-0.3, -0.25) is 4.79 Å². The Hall–Kier alpha value is -1.26. The summed E-state index contributed by atoms with van der Waals surface area (Å²) in [6.07, 6.45) is 4.80. The average molecular weight is 214 g/mol. The van der Waals surface area contributed by atoms with Gasteiger partial charge >= 0.3 is 12.0 Å². The zero-order valence-electron chi connectivity index (χ0n) is 8.79. The molecule has 86 valence electrons. The van der Waals surface area contributed by atoms with Crippen LogP contribution in [-0.4, -0.2) is 29.7 Å². The number of carboxylic acids is 1. The molecule has 0 saturated carbocycles. The van der Waals surface area contributed by atoms with Gasteiger partial charge < -0.3 is 15.7 Å². The summed E-state index contributed by atoms with van der Waals surface area (Å²) in [7, 11) is 0. The van der Waals surface area contributed by atoms with E-state index in [1.165, 1.54) is 0 Å². The molecule has 0 aromatic heterocycles. The molecule has 0 radical (unpaired) electrons. The van der Waals surface area contributed by atoms with Crippen LogP contribution in [0.1, 0.15) is 38.5 Å². The fourth-order valence-corrected chi connectivity index (χ4v) is 1.73. The maximum Gasteiger partial charge on any atom is 0.315 e. The third-order valence-corrected chi connectivity index (χ3v) is 2.56. The van der Waals surface area contributed by atoms with Gasteiger partial charge in [0.05, 0.1) is 0 Å². The number of carboxylic acid groups (broad SMARTS) is 1. The van der Waals surface area contributed by atoms with Crippen LogP contribution in [0.3, 0.4) is 0 Å². The number of hydrogen-bond donors (Lipinski definition) is 3. The topological polar surface area (TPSA) is 78.4 Å². The van der Waals surface area contributed by atoms with E-state index in [1.807, 2.05) is 0 Å². The first-order valence-electron chi connectivity index (χ1n) is 5.44. The first-order valence-corrected chi connectivity index (χ1v) is 5.44. The number of rotatable bonds is 6. The van der Waals surface area contributed by atoms with E-state index in [9.17, 15) is 9.59 Å². The predicted molar refractivity (Wildman–Crippen MR) is 55.7 cm³/mol. The van der Waals surface area contributed by atoms with Crippen LogP contribution >= 0.6 is 0 Å². The molecule has 1 fully saturated rings. The minimum absolute atomic E-state index is 0.0863. The summed E-state index contributed by atoms with van der Waals surface area (Å²) < 4.78 is 0. The van der Waals surface area contributed by atoms with E-state index >= 15 is 0 Å². The monoisotopic (exact) mass is 214 g/mol. The standard InChI is InChI=1S/C10H18N2O3/c13-9(14)5-3-1-2-4-8-6-7-11-10(15)12-8/h8H,1-7H2,(H,13,14)(H2,11,12,15)/t8-/m1/s1. The van der Waals surface area contributed by atoms with Crippen molar-refractivity contribution in [3.05, 3.63) is 0 Å². The Labute approximate surface area is 89.2 Å². The molecule has 5 nitrogen and oxygen atoms in total. The van der Waals surface area contributed by atoms with E-state index in [0.717, 1.165) is 38.6 Å². The van der Waals surface area contributed by atoms with Gasteiger partial charge in [0.1, 0.15) is 0 Å². The first kappa shape index (κ1) is 11.8. The van der Waals surface area contributed by atoms with Gasteiger partial charge in [0.15, 0.2) is 0 Å². The van der Waals surface area contributed by atoms with E-state index in [2.05, 4.69) is 10.6 Å². The number of hydrogen-bond acceptors (Lipinski definition) is 2. The van der Waals surface area contributed by atoms with Crippen LogP contribution < -0.4 is 10.6 Å². The number of carbonyl (C=O) groups excluding carboxylic acids is 1. The quantitative estimate of drug-likeness (QED) is 0.579. The normalized spacial score (nSPS) is 20.5. The van der Waals surface area contributed by atoms with Crippen LogP contribution in [0.15, 0.2) is 0 Å². The number of amides is 2. The molecule has 0 aromatic rings. The van der Waals surface area contributed by atoms with Crippen molar-refractivity contribution in [2.75, 3.05) is 6.54 Å². The van der Waals surface area contributed by atoms with Crippen LogP contribution in [0.25, 0.3) is 0 Å². The smallest absolute Gasteiger partial charge is 0.315 e. The van der Waals surface area contributed by atoms with E-state index in [1.54, 1.807) is 0 Å². The third-order valence-electron chi connectivity index (χ3n) is 2.56. The second kappa shape index (κ2) is 6.27. The molecule has 0 unspecified atom stereocenters. The Kier molecular flexibility index (Phi) is 4.93. The number of aliphatic carboxylic acids is 1. The lowest BCUT2D eigenvalue weighted by Gasteiger charge is -2.24. The van der Waals surface area contributed by atoms with E-state index in [-0.39, 0.29) is 18.5 Å². The maximum absolute atomic E-state index is 11.0. The highest BCUT2D eigenvalue weighted by Gasteiger charge is 2.16. The summed E-state index contributed by atoms with van der Waals surface area (Å²) in [5.74, 6) is -0.731. The van der Waals surface area contributed by atoms with Crippen molar-refractivity contribution in [3.63, 3.8) is 0 Å². The molecule has 15 heavy (non-hydrogen) atoms. The largest absolute Gasteiger partial charge is 0.481 e. The third kappa shape index (κ3) is 5.24. The molecule has 1 aliphatic heterocycles. The average Bonchev–Trinajstić information content (AvgIpc) is 2.17. The van der Waals surface area contributed by atoms with E-state index in [4.69, 9.17) is 5.11 Å². The second-order valence-electron chi connectivity index (χ2n) is 3.88. The fourth-order valence-electron chi connectivity index (χ4n) is 1.73. The van der Waals surface area contributed by atoms with Crippen molar-refractivity contribution < 1.29 is 14.7 Å². The Morgan fingerprint density at radius 2 is 2.20 bits per heavy atom. The van der Waals surface area contributed by atoms with Crippen molar-refractivity contribution in [2.24, 2.45) is 0 Å². The highest BCUT2D eigenvalue weighted by Crippen LogP contribution is 2.09. The van der Waals surface area contributed by atoms with Crippen LogP contribution in [0, 0.1) is 0 Å². The lowest BCUT2D eigenvalue weighted by atomic mass is 10.0. The van der Waals surface area contributed by atoms with Gasteiger partial charge in [-0.2, -0.15) is 0 Å². The Balaban J connectivity index is 1.99. The van der Waals surface area contributed by atoms with Gasteiger partial charge in [-0.15, -0.1) is 0 Å². The zero-order valence-corrected chi connectivity index (χ0v) is 8.79. The van der Waals surface area contributed by atoms with Crippen LogP contribution in [0.5, 0.6) is 0 Å². The summed E-state index contributed by atoms with van der Waals surface area (Å²) >= 11 is 0. The molecule has 1 saturated heterocycles. The van der Waals surface area contributed by atoms with Gasteiger partial charge in [0.2, 0.25) is 0 Å². The van der Waals surface area contributed by atoms with Crippen LogP contribution in [-0.2, 0) is 4.79 Å². The predicted octanol–water partition coefficient (Wildman–Crippen LogP) is 1.09. The minimum Gasteiger partial charge on any atom is -0.481 e. The molecule has 0 bridgehead atoms. The van der Waals surface area contributed by atoms with Crippen molar-refractivity contribution >= 4 is 12.0 Å². The SMILES string of the molecule is O=C(O)CCCCC[C@@H]1CCNC(=O)N1. The van der Waals surface area contributed by atoms with E-state index in [0.29, 0.717) is 0 Å². The highest BCUT2D eigenvalue weighted by atomic mass is 16.4. The molecule has 1 aliphatic rings. The van der Waals surface area contributed by atoms with Gasteiger partial charge in [-0.05, 0) is 19.3 Å². The molecule has 1 rings (SSSR count). The second-order valence-corrected chi connectivity index (χ2v) is 3.88. The molecule has 0 aromatic carbocycles. The van der Waals surface area contributed by atoms with Crippen molar-refractivity contribution in [3.8, 4) is 0 Å². The number of urea groups is 1. The lowest BCUT2D eigenvalue weighted by molar-refractivity contribution is -0.137. The lowest BCUT2D eigenvalue weighted by Crippen LogP contribution is -2.49. The molecule has 3 N–H and O–H groups in total. The summed E-state index contributed by atoms with van der Waals surface area (Å²) in [5.41, 5.74) is 0.